The number of carbonyl (C=O) groups is 1. The third-order valence-electron chi connectivity index (χ3n) is 5.07. The minimum atomic E-state index is -0.265. The summed E-state index contributed by atoms with van der Waals surface area (Å²) in [7, 11) is 3.22. The van der Waals surface area contributed by atoms with Crippen molar-refractivity contribution in [3.8, 4) is 0 Å². The second-order valence-electron chi connectivity index (χ2n) is 5.34. The van der Waals surface area contributed by atoms with Crippen LogP contribution in [-0.4, -0.2) is 20.2 Å². The summed E-state index contributed by atoms with van der Waals surface area (Å²) in [4.78, 5) is 11.9. The van der Waals surface area contributed by atoms with E-state index in [2.05, 4.69) is 12.1 Å². The normalized spacial score (nSPS) is 43.4. The van der Waals surface area contributed by atoms with Crippen molar-refractivity contribution in [2.45, 2.75) is 17.9 Å². The lowest BCUT2D eigenvalue weighted by atomic mass is 9.65. The Morgan fingerprint density at radius 2 is 2.12 bits per heavy atom. The molecule has 0 N–H and O–H groups in total. The van der Waals surface area contributed by atoms with Crippen molar-refractivity contribution in [3.63, 3.8) is 0 Å². The van der Waals surface area contributed by atoms with Gasteiger partial charge in [-0.1, -0.05) is 24.3 Å². The molecule has 1 aromatic rings. The minimum Gasteiger partial charge on any atom is -0.469 e. The molecule has 0 aromatic heterocycles. The average molecular weight is 230 g/mol. The lowest BCUT2D eigenvalue weighted by molar-refractivity contribution is -0.171. The maximum absolute atomic E-state index is 11.9. The van der Waals surface area contributed by atoms with Crippen LogP contribution in [0.5, 0.6) is 0 Å². The maximum Gasteiger partial charge on any atom is 0.312 e. The zero-order valence-corrected chi connectivity index (χ0v) is 9.90. The van der Waals surface area contributed by atoms with Crippen LogP contribution in [-0.2, 0) is 19.9 Å². The van der Waals surface area contributed by atoms with Gasteiger partial charge in [0.25, 0.3) is 0 Å². The Morgan fingerprint density at radius 3 is 2.82 bits per heavy atom. The average Bonchev–Trinajstić information content (AvgIpc) is 2.84. The highest BCUT2D eigenvalue weighted by Gasteiger charge is 2.90. The van der Waals surface area contributed by atoms with E-state index in [0.29, 0.717) is 11.8 Å². The van der Waals surface area contributed by atoms with Crippen molar-refractivity contribution >= 4 is 5.97 Å². The van der Waals surface area contributed by atoms with Crippen LogP contribution in [0.1, 0.15) is 23.5 Å². The molecule has 2 fully saturated rings. The number of benzene rings is 1. The van der Waals surface area contributed by atoms with E-state index in [0.717, 1.165) is 6.42 Å². The first-order chi connectivity index (χ1) is 8.22. The van der Waals surface area contributed by atoms with Gasteiger partial charge >= 0.3 is 5.97 Å². The fraction of sp³-hybridized carbons (Fsp3) is 0.500. The van der Waals surface area contributed by atoms with Gasteiger partial charge in [0.1, 0.15) is 0 Å². The molecule has 4 rings (SSSR count). The van der Waals surface area contributed by atoms with E-state index < -0.39 is 0 Å². The summed E-state index contributed by atoms with van der Waals surface area (Å²) in [6.45, 7) is 0. The van der Waals surface area contributed by atoms with Crippen LogP contribution in [0.15, 0.2) is 24.3 Å². The molecule has 3 aliphatic carbocycles. The van der Waals surface area contributed by atoms with E-state index >= 15 is 0 Å². The largest absolute Gasteiger partial charge is 0.469 e. The maximum atomic E-state index is 11.9. The Hall–Kier alpha value is -1.35. The highest BCUT2D eigenvalue weighted by molar-refractivity contribution is 5.89. The van der Waals surface area contributed by atoms with E-state index in [9.17, 15) is 4.79 Å². The van der Waals surface area contributed by atoms with Gasteiger partial charge in [-0.15, -0.1) is 0 Å². The number of carbonyl (C=O) groups excluding carboxylic acids is 1. The van der Waals surface area contributed by atoms with E-state index in [4.69, 9.17) is 9.47 Å². The first-order valence-electron chi connectivity index (χ1n) is 5.95. The molecule has 4 atom stereocenters. The van der Waals surface area contributed by atoms with Gasteiger partial charge in [0, 0.05) is 18.9 Å². The molecule has 2 saturated carbocycles. The minimum absolute atomic E-state index is 0.0605. The first-order valence-corrected chi connectivity index (χ1v) is 5.95. The van der Waals surface area contributed by atoms with E-state index in [1.54, 1.807) is 7.11 Å². The molecule has 1 aromatic carbocycles. The van der Waals surface area contributed by atoms with Gasteiger partial charge in [0.15, 0.2) is 0 Å². The fourth-order valence-electron chi connectivity index (χ4n) is 4.46. The van der Waals surface area contributed by atoms with Crippen LogP contribution in [0.2, 0.25) is 0 Å². The summed E-state index contributed by atoms with van der Waals surface area (Å²) < 4.78 is 10.7. The van der Waals surface area contributed by atoms with E-state index in [1.165, 1.54) is 18.2 Å². The van der Waals surface area contributed by atoms with E-state index in [-0.39, 0.29) is 17.0 Å². The molecule has 88 valence electrons. The number of hydrogen-bond donors (Lipinski definition) is 0. The summed E-state index contributed by atoms with van der Waals surface area (Å²) in [6, 6.07) is 8.33. The molecule has 0 unspecified atom stereocenters. The third kappa shape index (κ3) is 0.730. The van der Waals surface area contributed by atoms with Crippen molar-refractivity contribution < 1.29 is 14.3 Å². The highest BCUT2D eigenvalue weighted by atomic mass is 16.5. The molecule has 0 radical (unpaired) electrons. The lowest BCUT2D eigenvalue weighted by Crippen LogP contribution is -2.49. The zero-order valence-electron chi connectivity index (χ0n) is 9.90. The van der Waals surface area contributed by atoms with Crippen molar-refractivity contribution in [3.05, 3.63) is 35.4 Å². The number of esters is 1. The van der Waals surface area contributed by atoms with Crippen LogP contribution in [0.3, 0.4) is 0 Å². The van der Waals surface area contributed by atoms with Crippen LogP contribution in [0, 0.1) is 11.3 Å². The second-order valence-corrected chi connectivity index (χ2v) is 5.34. The molecule has 3 heteroatoms. The molecule has 0 aliphatic heterocycles. The van der Waals surface area contributed by atoms with Gasteiger partial charge in [0.05, 0.1) is 18.1 Å². The van der Waals surface area contributed by atoms with Gasteiger partial charge in [-0.05, 0) is 17.5 Å². The Balaban J connectivity index is 1.87. The number of hydrogen-bond acceptors (Lipinski definition) is 3. The van der Waals surface area contributed by atoms with Crippen LogP contribution in [0.4, 0.5) is 0 Å². The van der Waals surface area contributed by atoms with Crippen molar-refractivity contribution in [2.75, 3.05) is 14.2 Å². The van der Waals surface area contributed by atoms with Gasteiger partial charge in [-0.2, -0.15) is 0 Å². The first kappa shape index (κ1) is 9.66. The van der Waals surface area contributed by atoms with Crippen molar-refractivity contribution in [1.29, 1.82) is 0 Å². The molecule has 0 spiro atoms. The summed E-state index contributed by atoms with van der Waals surface area (Å²) >= 11 is 0. The summed E-state index contributed by atoms with van der Waals surface area (Å²) in [6.07, 6.45) is 0.787. The van der Waals surface area contributed by atoms with Gasteiger partial charge in [0.2, 0.25) is 0 Å². The zero-order chi connectivity index (χ0) is 11.8. The molecule has 0 heterocycles. The standard InChI is InChI=1S/C14H14O3/c1-16-12(15)13-7-14(17-2)9-6-4-3-5-8(9)10(13)11(13)14/h3-6,10-11H,7H2,1-2H3/t10-,11-,13+,14-/m0/s1. The number of fused-ring (bicyclic) bond motifs is 4. The molecular weight excluding hydrogens is 216 g/mol. The lowest BCUT2D eigenvalue weighted by Gasteiger charge is -2.45. The smallest absolute Gasteiger partial charge is 0.312 e. The molecule has 3 nitrogen and oxygen atoms in total. The molecule has 0 bridgehead atoms. The number of methoxy groups -OCH3 is 2. The predicted molar refractivity (Wildman–Crippen MR) is 60.4 cm³/mol. The molecular formula is C14H14O3. The predicted octanol–water partition coefficient (Wildman–Crippen LogP) is 1.82. The second kappa shape index (κ2) is 2.56. The van der Waals surface area contributed by atoms with E-state index in [1.807, 2.05) is 12.1 Å². The Bertz CT molecular complexity index is 538. The van der Waals surface area contributed by atoms with Gasteiger partial charge in [-0.3, -0.25) is 4.79 Å². The molecule has 0 saturated heterocycles. The quantitative estimate of drug-likeness (QED) is 0.727. The van der Waals surface area contributed by atoms with Crippen LogP contribution >= 0.6 is 0 Å². The SMILES string of the molecule is COC(=O)[C@]12C[C@]3(OC)c4ccccc4[C@H]1[C@@H]23. The molecule has 17 heavy (non-hydrogen) atoms. The highest BCUT2D eigenvalue weighted by Crippen LogP contribution is 2.89. The number of ether oxygens (including phenoxy) is 2. The Kier molecular flexibility index (Phi) is 1.45. The third-order valence-corrected chi connectivity index (χ3v) is 5.07. The molecule has 0 amide bonds. The summed E-state index contributed by atoms with van der Waals surface area (Å²) in [5, 5.41) is 0. The summed E-state index contributed by atoms with van der Waals surface area (Å²) in [5.74, 6) is 0.575. The Labute approximate surface area is 99.7 Å². The Morgan fingerprint density at radius 1 is 1.35 bits per heavy atom. The van der Waals surface area contributed by atoms with Crippen LogP contribution < -0.4 is 0 Å². The topological polar surface area (TPSA) is 35.5 Å². The number of rotatable bonds is 2. The van der Waals surface area contributed by atoms with Gasteiger partial charge in [-0.25, -0.2) is 0 Å². The molecule has 3 aliphatic rings. The fourth-order valence-corrected chi connectivity index (χ4v) is 4.46. The van der Waals surface area contributed by atoms with Gasteiger partial charge < -0.3 is 9.47 Å². The monoisotopic (exact) mass is 230 g/mol. The van der Waals surface area contributed by atoms with Crippen molar-refractivity contribution in [2.24, 2.45) is 11.3 Å². The van der Waals surface area contributed by atoms with Crippen LogP contribution in [0.25, 0.3) is 0 Å². The summed E-state index contributed by atoms with van der Waals surface area (Å²) in [5.41, 5.74) is 2.09. The van der Waals surface area contributed by atoms with Crippen molar-refractivity contribution in [1.82, 2.24) is 0 Å².